The highest BCUT2D eigenvalue weighted by Crippen LogP contribution is 2.30. The zero-order valence-electron chi connectivity index (χ0n) is 11.7. The summed E-state index contributed by atoms with van der Waals surface area (Å²) in [6.45, 7) is 5.30. The quantitative estimate of drug-likeness (QED) is 0.888. The molecule has 0 radical (unpaired) electrons. The first-order chi connectivity index (χ1) is 9.67. The van der Waals surface area contributed by atoms with Gasteiger partial charge in [0.05, 0.1) is 23.5 Å². The van der Waals surface area contributed by atoms with Crippen LogP contribution in [0.15, 0.2) is 30.5 Å². The third kappa shape index (κ3) is 3.14. The molecule has 0 spiro atoms. The lowest BCUT2D eigenvalue weighted by Crippen LogP contribution is -2.10. The third-order valence-corrected chi connectivity index (χ3v) is 3.30. The van der Waals surface area contributed by atoms with Crippen LogP contribution in [0.25, 0.3) is 0 Å². The molecule has 0 aliphatic heterocycles. The van der Waals surface area contributed by atoms with Crippen molar-refractivity contribution < 1.29 is 9.84 Å². The first-order valence-corrected chi connectivity index (χ1v) is 7.17. The van der Waals surface area contributed by atoms with Gasteiger partial charge in [0, 0.05) is 6.54 Å². The van der Waals surface area contributed by atoms with Gasteiger partial charge in [-0.25, -0.2) is 0 Å². The van der Waals surface area contributed by atoms with Crippen LogP contribution in [0, 0.1) is 0 Å². The molecular formula is C15H19ClN2O2. The SMILES string of the molecule is CCCn1ncc(Cl)c1C(O)c1cccc(OCC)c1. The lowest BCUT2D eigenvalue weighted by molar-refractivity contribution is 0.206. The van der Waals surface area contributed by atoms with Gasteiger partial charge in [0.25, 0.3) is 0 Å². The van der Waals surface area contributed by atoms with Gasteiger partial charge in [-0.15, -0.1) is 0 Å². The Hall–Kier alpha value is -1.52. The second-order valence-electron chi connectivity index (χ2n) is 4.51. The van der Waals surface area contributed by atoms with Crippen molar-refractivity contribution in [3.8, 4) is 5.75 Å². The highest BCUT2D eigenvalue weighted by atomic mass is 35.5. The smallest absolute Gasteiger partial charge is 0.122 e. The fourth-order valence-electron chi connectivity index (χ4n) is 2.13. The van der Waals surface area contributed by atoms with Crippen molar-refractivity contribution >= 4 is 11.6 Å². The largest absolute Gasteiger partial charge is 0.494 e. The molecule has 0 saturated carbocycles. The highest BCUT2D eigenvalue weighted by Gasteiger charge is 2.20. The van der Waals surface area contributed by atoms with Gasteiger partial charge < -0.3 is 9.84 Å². The molecule has 4 nitrogen and oxygen atoms in total. The van der Waals surface area contributed by atoms with Crippen molar-refractivity contribution in [1.29, 1.82) is 0 Å². The molecule has 20 heavy (non-hydrogen) atoms. The molecule has 0 bridgehead atoms. The van der Waals surface area contributed by atoms with Crippen LogP contribution in [0.2, 0.25) is 5.02 Å². The fourth-order valence-corrected chi connectivity index (χ4v) is 2.38. The van der Waals surface area contributed by atoms with Crippen LogP contribution in [-0.2, 0) is 6.54 Å². The second-order valence-corrected chi connectivity index (χ2v) is 4.92. The minimum Gasteiger partial charge on any atom is -0.494 e. The van der Waals surface area contributed by atoms with Crippen LogP contribution < -0.4 is 4.74 Å². The number of aryl methyl sites for hydroxylation is 1. The lowest BCUT2D eigenvalue weighted by atomic mass is 10.1. The van der Waals surface area contributed by atoms with Crippen molar-refractivity contribution in [1.82, 2.24) is 9.78 Å². The lowest BCUT2D eigenvalue weighted by Gasteiger charge is -2.15. The minimum absolute atomic E-state index is 0.479. The Morgan fingerprint density at radius 1 is 1.40 bits per heavy atom. The van der Waals surface area contributed by atoms with E-state index < -0.39 is 6.10 Å². The summed E-state index contributed by atoms with van der Waals surface area (Å²) in [6, 6.07) is 7.41. The maximum atomic E-state index is 10.6. The molecule has 1 N–H and O–H groups in total. The Morgan fingerprint density at radius 2 is 2.20 bits per heavy atom. The normalized spacial score (nSPS) is 12.4. The molecule has 0 amide bonds. The van der Waals surface area contributed by atoms with E-state index in [1.807, 2.05) is 31.2 Å². The van der Waals surface area contributed by atoms with Crippen molar-refractivity contribution in [2.75, 3.05) is 6.61 Å². The molecule has 1 aromatic heterocycles. The molecule has 2 rings (SSSR count). The van der Waals surface area contributed by atoms with Gasteiger partial charge >= 0.3 is 0 Å². The molecule has 1 heterocycles. The Labute approximate surface area is 123 Å². The molecule has 0 fully saturated rings. The molecule has 1 aromatic carbocycles. The average Bonchev–Trinajstić information content (AvgIpc) is 2.80. The average molecular weight is 295 g/mol. The first kappa shape index (κ1) is 14.9. The number of halogens is 1. The van der Waals surface area contributed by atoms with E-state index in [0.29, 0.717) is 17.3 Å². The standard InChI is InChI=1S/C15H19ClN2O2/c1-3-8-18-14(13(16)10-17-18)15(19)11-6-5-7-12(9-11)20-4-2/h5-7,9-10,15,19H,3-4,8H2,1-2H3. The summed E-state index contributed by atoms with van der Waals surface area (Å²) in [5.41, 5.74) is 1.37. The van der Waals surface area contributed by atoms with Crippen LogP contribution in [0.5, 0.6) is 5.75 Å². The summed E-state index contributed by atoms with van der Waals surface area (Å²) in [5, 5.41) is 15.2. The summed E-state index contributed by atoms with van der Waals surface area (Å²) in [7, 11) is 0. The Morgan fingerprint density at radius 3 is 2.90 bits per heavy atom. The number of aromatic nitrogens is 2. The minimum atomic E-state index is -0.808. The molecule has 0 saturated heterocycles. The molecular weight excluding hydrogens is 276 g/mol. The number of aliphatic hydroxyl groups excluding tert-OH is 1. The summed E-state index contributed by atoms with van der Waals surface area (Å²) in [6.07, 6.45) is 1.69. The van der Waals surface area contributed by atoms with E-state index in [1.54, 1.807) is 10.9 Å². The summed E-state index contributed by atoms with van der Waals surface area (Å²) < 4.78 is 7.21. The van der Waals surface area contributed by atoms with Crippen molar-refractivity contribution in [2.45, 2.75) is 32.9 Å². The van der Waals surface area contributed by atoms with Gasteiger partial charge in [0.2, 0.25) is 0 Å². The number of rotatable bonds is 6. The summed E-state index contributed by atoms with van der Waals surface area (Å²) in [5.74, 6) is 0.738. The topological polar surface area (TPSA) is 47.3 Å². The number of nitrogens with zero attached hydrogens (tertiary/aromatic N) is 2. The van der Waals surface area contributed by atoms with E-state index in [-0.39, 0.29) is 0 Å². The zero-order valence-corrected chi connectivity index (χ0v) is 12.5. The maximum Gasteiger partial charge on any atom is 0.122 e. The molecule has 1 atom stereocenters. The Balaban J connectivity index is 2.33. The Kier molecular flexibility index (Phi) is 5.04. The van der Waals surface area contributed by atoms with Gasteiger partial charge in [-0.2, -0.15) is 5.10 Å². The predicted molar refractivity (Wildman–Crippen MR) is 79.2 cm³/mol. The molecule has 108 valence electrons. The fraction of sp³-hybridized carbons (Fsp3) is 0.400. The van der Waals surface area contributed by atoms with E-state index in [2.05, 4.69) is 12.0 Å². The molecule has 2 aromatic rings. The van der Waals surface area contributed by atoms with Gasteiger partial charge in [0.1, 0.15) is 11.9 Å². The van der Waals surface area contributed by atoms with Crippen LogP contribution >= 0.6 is 11.6 Å². The number of hydrogen-bond donors (Lipinski definition) is 1. The monoisotopic (exact) mass is 294 g/mol. The number of aliphatic hydroxyl groups is 1. The highest BCUT2D eigenvalue weighted by molar-refractivity contribution is 6.31. The van der Waals surface area contributed by atoms with E-state index in [0.717, 1.165) is 24.3 Å². The zero-order chi connectivity index (χ0) is 14.5. The van der Waals surface area contributed by atoms with Crippen molar-refractivity contribution in [2.24, 2.45) is 0 Å². The number of ether oxygens (including phenoxy) is 1. The Bertz CT molecular complexity index is 569. The number of hydrogen-bond acceptors (Lipinski definition) is 3. The van der Waals surface area contributed by atoms with Crippen LogP contribution in [-0.4, -0.2) is 21.5 Å². The number of benzene rings is 1. The summed E-state index contributed by atoms with van der Waals surface area (Å²) >= 11 is 6.15. The van der Waals surface area contributed by atoms with E-state index >= 15 is 0 Å². The maximum absolute atomic E-state index is 10.6. The van der Waals surface area contributed by atoms with Gasteiger partial charge in [-0.1, -0.05) is 30.7 Å². The molecule has 5 heteroatoms. The van der Waals surface area contributed by atoms with Crippen LogP contribution in [0.4, 0.5) is 0 Å². The van der Waals surface area contributed by atoms with Crippen LogP contribution in [0.3, 0.4) is 0 Å². The van der Waals surface area contributed by atoms with Crippen molar-refractivity contribution in [3.63, 3.8) is 0 Å². The third-order valence-electron chi connectivity index (χ3n) is 3.01. The first-order valence-electron chi connectivity index (χ1n) is 6.79. The predicted octanol–water partition coefficient (Wildman–Crippen LogP) is 3.43. The van der Waals surface area contributed by atoms with E-state index in [9.17, 15) is 5.11 Å². The van der Waals surface area contributed by atoms with Gasteiger partial charge in [0.15, 0.2) is 0 Å². The molecule has 0 aliphatic rings. The van der Waals surface area contributed by atoms with Gasteiger partial charge in [-0.05, 0) is 31.0 Å². The van der Waals surface area contributed by atoms with E-state index in [4.69, 9.17) is 16.3 Å². The van der Waals surface area contributed by atoms with E-state index in [1.165, 1.54) is 0 Å². The molecule has 1 unspecified atom stereocenters. The van der Waals surface area contributed by atoms with Gasteiger partial charge in [-0.3, -0.25) is 4.68 Å². The van der Waals surface area contributed by atoms with Crippen LogP contribution in [0.1, 0.15) is 37.6 Å². The summed E-state index contributed by atoms with van der Waals surface area (Å²) in [4.78, 5) is 0. The molecule has 0 aliphatic carbocycles. The second kappa shape index (κ2) is 6.77. The van der Waals surface area contributed by atoms with Crippen molar-refractivity contribution in [3.05, 3.63) is 46.7 Å².